The molecular weight excluding hydrogens is 194 g/mol. The number of hydrogen-bond acceptors (Lipinski definition) is 1. The molecule has 1 unspecified atom stereocenters. The molecule has 0 spiro atoms. The van der Waals surface area contributed by atoms with Crippen LogP contribution in [0, 0.1) is 10.8 Å². The third-order valence-electron chi connectivity index (χ3n) is 4.96. The minimum absolute atomic E-state index is 0.477. The van der Waals surface area contributed by atoms with Gasteiger partial charge in [0.25, 0.3) is 0 Å². The smallest absolute Gasteiger partial charge is 0.0183 e. The number of rotatable bonds is 7. The summed E-state index contributed by atoms with van der Waals surface area (Å²) in [5.41, 5.74) is 0.954. The minimum atomic E-state index is 0.477. The maximum absolute atomic E-state index is 3.81. The molecule has 1 rings (SSSR count). The van der Waals surface area contributed by atoms with Crippen molar-refractivity contribution in [3.63, 3.8) is 0 Å². The van der Waals surface area contributed by atoms with Crippen LogP contribution >= 0.6 is 0 Å². The zero-order valence-electron chi connectivity index (χ0n) is 12.2. The monoisotopic (exact) mass is 225 g/mol. The van der Waals surface area contributed by atoms with Crippen LogP contribution in [0.4, 0.5) is 0 Å². The molecule has 0 saturated heterocycles. The van der Waals surface area contributed by atoms with Gasteiger partial charge in [0, 0.05) is 12.1 Å². The molecular formula is C15H31N. The van der Waals surface area contributed by atoms with E-state index in [1.807, 2.05) is 0 Å². The van der Waals surface area contributed by atoms with E-state index in [4.69, 9.17) is 0 Å². The molecule has 1 nitrogen and oxygen atoms in total. The van der Waals surface area contributed by atoms with Crippen LogP contribution in [0.5, 0.6) is 0 Å². The second kappa shape index (κ2) is 5.08. The second-order valence-corrected chi connectivity index (χ2v) is 6.79. The van der Waals surface area contributed by atoms with Gasteiger partial charge in [-0.05, 0) is 24.2 Å². The summed E-state index contributed by atoms with van der Waals surface area (Å²) in [5, 5.41) is 3.81. The third kappa shape index (κ3) is 2.80. The van der Waals surface area contributed by atoms with Crippen molar-refractivity contribution in [3.8, 4) is 0 Å². The Balaban J connectivity index is 2.19. The molecule has 0 radical (unpaired) electrons. The van der Waals surface area contributed by atoms with E-state index in [-0.39, 0.29) is 0 Å². The Morgan fingerprint density at radius 2 is 1.56 bits per heavy atom. The van der Waals surface area contributed by atoms with Gasteiger partial charge in [0.05, 0.1) is 0 Å². The number of unbranched alkanes of at least 4 members (excludes halogenated alkanes) is 3. The summed E-state index contributed by atoms with van der Waals surface area (Å²) in [6.07, 6.45) is 6.86. The minimum Gasteiger partial charge on any atom is -0.310 e. The van der Waals surface area contributed by atoms with Gasteiger partial charge in [0.2, 0.25) is 0 Å². The van der Waals surface area contributed by atoms with Crippen molar-refractivity contribution in [1.82, 2.24) is 5.32 Å². The van der Waals surface area contributed by atoms with Crippen LogP contribution in [0.1, 0.15) is 73.6 Å². The Morgan fingerprint density at radius 1 is 1.00 bits per heavy atom. The molecule has 0 aromatic heterocycles. The van der Waals surface area contributed by atoms with Gasteiger partial charge in [-0.1, -0.05) is 60.3 Å². The van der Waals surface area contributed by atoms with Crippen molar-refractivity contribution in [2.45, 2.75) is 85.7 Å². The van der Waals surface area contributed by atoms with Gasteiger partial charge in [-0.3, -0.25) is 0 Å². The summed E-state index contributed by atoms with van der Waals surface area (Å²) in [5.74, 6) is 0. The van der Waals surface area contributed by atoms with E-state index in [9.17, 15) is 0 Å². The Bertz CT molecular complexity index is 203. The molecule has 1 N–H and O–H groups in total. The van der Waals surface area contributed by atoms with Gasteiger partial charge in [-0.25, -0.2) is 0 Å². The van der Waals surface area contributed by atoms with Crippen molar-refractivity contribution in [2.75, 3.05) is 0 Å². The Hall–Kier alpha value is -0.0400. The van der Waals surface area contributed by atoms with E-state index in [0.29, 0.717) is 22.9 Å². The molecule has 0 aromatic rings. The lowest BCUT2D eigenvalue weighted by molar-refractivity contribution is 0.443. The SMILES string of the molecule is CCCCCCC(C)NC1C(C)(C)C1(C)C. The predicted molar refractivity (Wildman–Crippen MR) is 72.7 cm³/mol. The van der Waals surface area contributed by atoms with Crippen molar-refractivity contribution < 1.29 is 0 Å². The van der Waals surface area contributed by atoms with Crippen molar-refractivity contribution in [3.05, 3.63) is 0 Å². The van der Waals surface area contributed by atoms with E-state index in [2.05, 4.69) is 46.9 Å². The first-order valence-corrected chi connectivity index (χ1v) is 7.10. The van der Waals surface area contributed by atoms with Crippen LogP contribution < -0.4 is 5.32 Å². The standard InChI is InChI=1S/C15H31N/c1-7-8-9-10-11-12(2)16-13-14(3,4)15(13,5)6/h12-13,16H,7-11H2,1-6H3. The van der Waals surface area contributed by atoms with Crippen LogP contribution in [0.2, 0.25) is 0 Å². The molecule has 1 aliphatic rings. The summed E-state index contributed by atoms with van der Waals surface area (Å²) >= 11 is 0. The summed E-state index contributed by atoms with van der Waals surface area (Å²) < 4.78 is 0. The second-order valence-electron chi connectivity index (χ2n) is 6.79. The topological polar surface area (TPSA) is 12.0 Å². The first-order chi connectivity index (χ1) is 7.34. The van der Waals surface area contributed by atoms with E-state index in [1.165, 1.54) is 32.1 Å². The Kier molecular flexibility index (Phi) is 4.45. The van der Waals surface area contributed by atoms with Crippen LogP contribution in [-0.2, 0) is 0 Å². The molecule has 1 saturated carbocycles. The quantitative estimate of drug-likeness (QED) is 0.634. The fourth-order valence-corrected chi connectivity index (χ4v) is 2.86. The van der Waals surface area contributed by atoms with Crippen molar-refractivity contribution in [1.29, 1.82) is 0 Å². The zero-order valence-corrected chi connectivity index (χ0v) is 12.2. The molecule has 16 heavy (non-hydrogen) atoms. The van der Waals surface area contributed by atoms with Crippen molar-refractivity contribution in [2.24, 2.45) is 10.8 Å². The van der Waals surface area contributed by atoms with Crippen molar-refractivity contribution >= 4 is 0 Å². The van der Waals surface area contributed by atoms with E-state index in [0.717, 1.165) is 0 Å². The van der Waals surface area contributed by atoms with Crippen LogP contribution in [0.3, 0.4) is 0 Å². The van der Waals surface area contributed by atoms with E-state index in [1.54, 1.807) is 0 Å². The lowest BCUT2D eigenvalue weighted by Gasteiger charge is -2.15. The van der Waals surface area contributed by atoms with E-state index >= 15 is 0 Å². The fourth-order valence-electron chi connectivity index (χ4n) is 2.86. The molecule has 0 bridgehead atoms. The normalized spacial score (nSPS) is 24.4. The average molecular weight is 225 g/mol. The van der Waals surface area contributed by atoms with Gasteiger partial charge in [0.1, 0.15) is 0 Å². The maximum atomic E-state index is 3.81. The van der Waals surface area contributed by atoms with Gasteiger partial charge < -0.3 is 5.32 Å². The molecule has 1 atom stereocenters. The van der Waals surface area contributed by atoms with Crippen LogP contribution in [0.15, 0.2) is 0 Å². The summed E-state index contributed by atoms with van der Waals surface area (Å²) in [7, 11) is 0. The lowest BCUT2D eigenvalue weighted by atomic mass is 10.0. The highest BCUT2D eigenvalue weighted by Crippen LogP contribution is 2.62. The number of nitrogens with one attached hydrogen (secondary N) is 1. The molecule has 0 amide bonds. The highest BCUT2D eigenvalue weighted by molar-refractivity contribution is 5.18. The summed E-state index contributed by atoms with van der Waals surface area (Å²) in [6.45, 7) is 14.2. The molecule has 96 valence electrons. The van der Waals surface area contributed by atoms with Gasteiger partial charge >= 0.3 is 0 Å². The molecule has 1 heteroatoms. The molecule has 1 fully saturated rings. The molecule has 0 heterocycles. The number of hydrogen-bond donors (Lipinski definition) is 1. The Morgan fingerprint density at radius 3 is 2.00 bits per heavy atom. The van der Waals surface area contributed by atoms with E-state index < -0.39 is 0 Å². The van der Waals surface area contributed by atoms with Gasteiger partial charge in [-0.2, -0.15) is 0 Å². The first-order valence-electron chi connectivity index (χ1n) is 7.10. The molecule has 0 aliphatic heterocycles. The Labute approximate surface area is 102 Å². The third-order valence-corrected chi connectivity index (χ3v) is 4.96. The highest BCUT2D eigenvalue weighted by Gasteiger charge is 2.64. The zero-order chi connectivity index (χ0) is 12.4. The first kappa shape index (κ1) is 14.0. The molecule has 0 aromatic carbocycles. The molecule has 1 aliphatic carbocycles. The average Bonchev–Trinajstić information content (AvgIpc) is 2.56. The summed E-state index contributed by atoms with van der Waals surface area (Å²) in [6, 6.07) is 1.39. The lowest BCUT2D eigenvalue weighted by Crippen LogP contribution is -2.31. The van der Waals surface area contributed by atoms with Crippen LogP contribution in [-0.4, -0.2) is 12.1 Å². The fraction of sp³-hybridized carbons (Fsp3) is 1.00. The maximum Gasteiger partial charge on any atom is 0.0183 e. The largest absolute Gasteiger partial charge is 0.310 e. The van der Waals surface area contributed by atoms with Crippen LogP contribution in [0.25, 0.3) is 0 Å². The van der Waals surface area contributed by atoms with Gasteiger partial charge in [-0.15, -0.1) is 0 Å². The summed E-state index contributed by atoms with van der Waals surface area (Å²) in [4.78, 5) is 0. The van der Waals surface area contributed by atoms with Gasteiger partial charge in [0.15, 0.2) is 0 Å². The predicted octanol–water partition coefficient (Wildman–Crippen LogP) is 4.37. The highest BCUT2D eigenvalue weighted by atomic mass is 15.1.